The zero-order valence-electron chi connectivity index (χ0n) is 21.0. The molecule has 35 heavy (non-hydrogen) atoms. The van der Waals surface area contributed by atoms with Gasteiger partial charge in [-0.15, -0.1) is 0 Å². The number of sulfonamides is 1. The fourth-order valence-electron chi connectivity index (χ4n) is 3.83. The third-order valence-electron chi connectivity index (χ3n) is 5.68. The van der Waals surface area contributed by atoms with E-state index < -0.39 is 10.0 Å². The predicted octanol–water partition coefficient (Wildman–Crippen LogP) is 4.48. The molecule has 0 aliphatic heterocycles. The average Bonchev–Trinajstić information content (AvgIpc) is 2.81. The van der Waals surface area contributed by atoms with E-state index in [4.69, 9.17) is 9.47 Å². The van der Waals surface area contributed by atoms with Gasteiger partial charge in [-0.3, -0.25) is 9.10 Å². The molecule has 7 nitrogen and oxygen atoms in total. The van der Waals surface area contributed by atoms with Crippen LogP contribution >= 0.6 is 0 Å². The summed E-state index contributed by atoms with van der Waals surface area (Å²) in [5, 5.41) is 0. The van der Waals surface area contributed by atoms with Gasteiger partial charge in [0.05, 0.1) is 24.8 Å². The first-order valence-corrected chi connectivity index (χ1v) is 12.6. The summed E-state index contributed by atoms with van der Waals surface area (Å²) in [4.78, 5) is 14.9. The van der Waals surface area contributed by atoms with E-state index in [-0.39, 0.29) is 23.9 Å². The predicted molar refractivity (Wildman–Crippen MR) is 138 cm³/mol. The molecule has 0 aromatic heterocycles. The highest BCUT2D eigenvalue weighted by atomic mass is 32.2. The molecule has 0 heterocycles. The monoisotopic (exact) mass is 496 g/mol. The minimum atomic E-state index is -3.98. The van der Waals surface area contributed by atoms with E-state index in [2.05, 4.69) is 0 Å². The largest absolute Gasteiger partial charge is 0.493 e. The van der Waals surface area contributed by atoms with Gasteiger partial charge in [-0.25, -0.2) is 8.42 Å². The molecule has 0 bridgehead atoms. The van der Waals surface area contributed by atoms with Crippen LogP contribution in [-0.4, -0.2) is 47.0 Å². The number of carbonyl (C=O) groups excluding carboxylic acids is 1. The number of methoxy groups -OCH3 is 2. The fraction of sp³-hybridized carbons (Fsp3) is 0.296. The molecular weight excluding hydrogens is 464 g/mol. The molecule has 0 atom stereocenters. The van der Waals surface area contributed by atoms with Gasteiger partial charge in [-0.1, -0.05) is 29.8 Å². The molecule has 3 rings (SSSR count). The highest BCUT2D eigenvalue weighted by Gasteiger charge is 2.28. The molecule has 1 amide bonds. The van der Waals surface area contributed by atoms with Gasteiger partial charge in [0, 0.05) is 13.6 Å². The number of hydrogen-bond donors (Lipinski definition) is 0. The third-order valence-corrected chi connectivity index (χ3v) is 7.46. The Morgan fingerprint density at radius 1 is 0.800 bits per heavy atom. The average molecular weight is 497 g/mol. The van der Waals surface area contributed by atoms with Crippen molar-refractivity contribution in [3.05, 3.63) is 82.9 Å². The van der Waals surface area contributed by atoms with Gasteiger partial charge in [-0.05, 0) is 73.9 Å². The molecule has 8 heteroatoms. The number of aryl methyl sites for hydroxylation is 3. The van der Waals surface area contributed by atoms with Gasteiger partial charge in [-0.2, -0.15) is 0 Å². The van der Waals surface area contributed by atoms with Crippen LogP contribution in [-0.2, 0) is 21.4 Å². The molecule has 186 valence electrons. The Bertz CT molecular complexity index is 1280. The Hall–Kier alpha value is -3.52. The van der Waals surface area contributed by atoms with Crippen molar-refractivity contribution in [1.29, 1.82) is 0 Å². The summed E-state index contributed by atoms with van der Waals surface area (Å²) in [5.41, 5.74) is 4.06. The zero-order chi connectivity index (χ0) is 25.8. The van der Waals surface area contributed by atoms with Gasteiger partial charge >= 0.3 is 0 Å². The van der Waals surface area contributed by atoms with Crippen LogP contribution in [0.3, 0.4) is 0 Å². The number of likely N-dealkylation sites (N-methyl/N-ethyl adjacent to an activating group) is 1. The molecule has 0 saturated heterocycles. The number of rotatable bonds is 9. The van der Waals surface area contributed by atoms with Crippen molar-refractivity contribution in [2.75, 3.05) is 32.1 Å². The highest BCUT2D eigenvalue weighted by Crippen LogP contribution is 2.29. The molecule has 0 saturated carbocycles. The summed E-state index contributed by atoms with van der Waals surface area (Å²) in [6.45, 7) is 5.65. The maximum absolute atomic E-state index is 13.7. The van der Waals surface area contributed by atoms with Crippen molar-refractivity contribution in [3.8, 4) is 11.5 Å². The lowest BCUT2D eigenvalue weighted by atomic mass is 10.1. The maximum atomic E-state index is 13.7. The van der Waals surface area contributed by atoms with E-state index in [1.807, 2.05) is 32.9 Å². The first-order chi connectivity index (χ1) is 16.5. The summed E-state index contributed by atoms with van der Waals surface area (Å²) in [5.74, 6) is 0.815. The second-order valence-corrected chi connectivity index (χ2v) is 10.5. The van der Waals surface area contributed by atoms with Crippen LogP contribution in [0.2, 0.25) is 0 Å². The normalized spacial score (nSPS) is 11.1. The summed E-state index contributed by atoms with van der Waals surface area (Å²) in [7, 11) is 0.782. The van der Waals surface area contributed by atoms with E-state index in [0.29, 0.717) is 17.2 Å². The number of hydrogen-bond acceptors (Lipinski definition) is 5. The lowest BCUT2D eigenvalue weighted by Crippen LogP contribution is -2.41. The molecule has 0 fully saturated rings. The van der Waals surface area contributed by atoms with Crippen LogP contribution in [0.1, 0.15) is 22.3 Å². The molecule has 0 aliphatic rings. The highest BCUT2D eigenvalue weighted by molar-refractivity contribution is 7.92. The number of amides is 1. The standard InChI is InChI=1S/C27H32N2O5S/c1-19-7-10-24(11-8-19)35(31,32)29(23-14-20(2)13-21(3)15-23)18-27(30)28(4)17-22-9-12-25(33-5)26(16-22)34-6/h7-16H,17-18H2,1-6H3. The van der Waals surface area contributed by atoms with Crippen LogP contribution in [0.25, 0.3) is 0 Å². The number of nitrogens with zero attached hydrogens (tertiary/aromatic N) is 2. The van der Waals surface area contributed by atoms with Gasteiger partial charge in [0.1, 0.15) is 6.54 Å². The first-order valence-electron chi connectivity index (χ1n) is 11.2. The van der Waals surface area contributed by atoms with E-state index in [1.54, 1.807) is 69.8 Å². The van der Waals surface area contributed by atoms with E-state index >= 15 is 0 Å². The second kappa shape index (κ2) is 10.8. The molecule has 3 aromatic rings. The second-order valence-electron chi connectivity index (χ2n) is 8.61. The fourth-order valence-corrected chi connectivity index (χ4v) is 5.23. The summed E-state index contributed by atoms with van der Waals surface area (Å²) in [6, 6.07) is 17.6. The quantitative estimate of drug-likeness (QED) is 0.437. The van der Waals surface area contributed by atoms with E-state index in [0.717, 1.165) is 22.3 Å². The molecule has 0 N–H and O–H groups in total. The van der Waals surface area contributed by atoms with Gasteiger partial charge in [0.25, 0.3) is 10.0 Å². The van der Waals surface area contributed by atoms with Crippen LogP contribution in [0, 0.1) is 20.8 Å². The molecular formula is C27H32N2O5S. The van der Waals surface area contributed by atoms with Crippen molar-refractivity contribution in [2.45, 2.75) is 32.2 Å². The minimum absolute atomic E-state index is 0.137. The van der Waals surface area contributed by atoms with Crippen molar-refractivity contribution in [3.63, 3.8) is 0 Å². The van der Waals surface area contributed by atoms with Crippen molar-refractivity contribution < 1.29 is 22.7 Å². The molecule has 3 aromatic carbocycles. The number of benzene rings is 3. The maximum Gasteiger partial charge on any atom is 0.264 e. The third kappa shape index (κ3) is 6.14. The van der Waals surface area contributed by atoms with Gasteiger partial charge in [0.2, 0.25) is 5.91 Å². The smallest absolute Gasteiger partial charge is 0.264 e. The number of anilines is 1. The van der Waals surface area contributed by atoms with Gasteiger partial charge < -0.3 is 14.4 Å². The molecule has 0 unspecified atom stereocenters. The van der Waals surface area contributed by atoms with Gasteiger partial charge in [0.15, 0.2) is 11.5 Å². The Morgan fingerprint density at radius 2 is 1.40 bits per heavy atom. The Labute approximate surface area is 207 Å². The minimum Gasteiger partial charge on any atom is -0.493 e. The Kier molecular flexibility index (Phi) is 8.07. The SMILES string of the molecule is COc1ccc(CN(C)C(=O)CN(c2cc(C)cc(C)c2)S(=O)(=O)c2ccc(C)cc2)cc1OC. The lowest BCUT2D eigenvalue weighted by molar-refractivity contribution is -0.128. The Balaban J connectivity index is 1.92. The van der Waals surface area contributed by atoms with E-state index in [1.165, 1.54) is 9.21 Å². The summed E-state index contributed by atoms with van der Waals surface area (Å²) >= 11 is 0. The summed E-state index contributed by atoms with van der Waals surface area (Å²) < 4.78 is 39.1. The van der Waals surface area contributed by atoms with Crippen LogP contribution < -0.4 is 13.8 Å². The summed E-state index contributed by atoms with van der Waals surface area (Å²) in [6.07, 6.45) is 0. The molecule has 0 spiro atoms. The Morgan fingerprint density at radius 3 is 1.97 bits per heavy atom. The van der Waals surface area contributed by atoms with E-state index in [9.17, 15) is 13.2 Å². The van der Waals surface area contributed by atoms with Crippen molar-refractivity contribution in [1.82, 2.24) is 4.90 Å². The molecule has 0 aliphatic carbocycles. The lowest BCUT2D eigenvalue weighted by Gasteiger charge is -2.27. The zero-order valence-corrected chi connectivity index (χ0v) is 21.8. The van der Waals surface area contributed by atoms with Crippen molar-refractivity contribution >= 4 is 21.6 Å². The van der Waals surface area contributed by atoms with Crippen molar-refractivity contribution in [2.24, 2.45) is 0 Å². The number of ether oxygens (including phenoxy) is 2. The van der Waals surface area contributed by atoms with Crippen LogP contribution in [0.15, 0.2) is 65.6 Å². The van der Waals surface area contributed by atoms with Crippen LogP contribution in [0.4, 0.5) is 5.69 Å². The topological polar surface area (TPSA) is 76.2 Å². The molecule has 0 radical (unpaired) electrons. The van der Waals surface area contributed by atoms with Crippen LogP contribution in [0.5, 0.6) is 11.5 Å². The first kappa shape index (κ1) is 26.1. The number of carbonyl (C=O) groups is 1.